The first kappa shape index (κ1) is 9.88. The van der Waals surface area contributed by atoms with Crippen molar-refractivity contribution in [3.63, 3.8) is 0 Å². The van der Waals surface area contributed by atoms with Crippen LogP contribution in [0.25, 0.3) is 0 Å². The predicted octanol–water partition coefficient (Wildman–Crippen LogP) is 0.420. The molecule has 62 valence electrons. The van der Waals surface area contributed by atoms with Crippen molar-refractivity contribution < 1.29 is 14.6 Å². The normalized spacial score (nSPS) is 13.5. The molecule has 0 radical (unpaired) electrons. The lowest BCUT2D eigenvalue weighted by molar-refractivity contribution is -0.0196. The molecule has 0 saturated carbocycles. The predicted molar refractivity (Wildman–Crippen MR) is 39.0 cm³/mol. The first-order valence-electron chi connectivity index (χ1n) is 3.56. The largest absolute Gasteiger partial charge is 0.394 e. The lowest BCUT2D eigenvalue weighted by atomic mass is 10.4. The molecule has 0 aliphatic rings. The quantitative estimate of drug-likeness (QED) is 0.555. The molecular formula is C7H16O3. The number of hydrogen-bond acceptors (Lipinski definition) is 3. The third-order valence-electron chi connectivity index (χ3n) is 1.19. The average molecular weight is 148 g/mol. The molecule has 0 saturated heterocycles. The molecule has 10 heavy (non-hydrogen) atoms. The van der Waals surface area contributed by atoms with Gasteiger partial charge < -0.3 is 14.6 Å². The minimum atomic E-state index is -0.161. The van der Waals surface area contributed by atoms with Crippen LogP contribution in [0.3, 0.4) is 0 Å². The molecule has 0 bridgehead atoms. The molecule has 0 heterocycles. The zero-order valence-electron chi connectivity index (χ0n) is 6.67. The van der Waals surface area contributed by atoms with Crippen molar-refractivity contribution in [2.75, 3.05) is 26.9 Å². The van der Waals surface area contributed by atoms with Gasteiger partial charge in [-0.3, -0.25) is 0 Å². The third kappa shape index (κ3) is 4.73. The maximum atomic E-state index is 8.62. The maximum absolute atomic E-state index is 8.62. The fourth-order valence-corrected chi connectivity index (χ4v) is 0.554. The number of methoxy groups -OCH3 is 1. The molecule has 0 aromatic heterocycles. The Morgan fingerprint density at radius 1 is 1.50 bits per heavy atom. The molecule has 3 heteroatoms. The van der Waals surface area contributed by atoms with E-state index in [9.17, 15) is 0 Å². The standard InChI is InChI=1S/C7H16O3/c1-3-4-10-6-7(5-8)9-2/h7-8H,3-6H2,1-2H3. The van der Waals surface area contributed by atoms with E-state index >= 15 is 0 Å². The van der Waals surface area contributed by atoms with Crippen LogP contribution >= 0.6 is 0 Å². The number of aliphatic hydroxyl groups is 1. The number of ether oxygens (including phenoxy) is 2. The second-order valence-corrected chi connectivity index (χ2v) is 2.12. The van der Waals surface area contributed by atoms with Crippen LogP contribution in [0.1, 0.15) is 13.3 Å². The van der Waals surface area contributed by atoms with Crippen molar-refractivity contribution in [2.45, 2.75) is 19.4 Å². The fraction of sp³-hybridized carbons (Fsp3) is 1.00. The van der Waals surface area contributed by atoms with E-state index in [4.69, 9.17) is 14.6 Å². The summed E-state index contributed by atoms with van der Waals surface area (Å²) in [4.78, 5) is 0. The zero-order chi connectivity index (χ0) is 7.82. The number of rotatable bonds is 6. The Labute approximate surface area is 62.0 Å². The molecule has 0 aliphatic heterocycles. The molecule has 0 amide bonds. The van der Waals surface area contributed by atoms with Gasteiger partial charge in [-0.15, -0.1) is 0 Å². The lowest BCUT2D eigenvalue weighted by Gasteiger charge is -2.11. The summed E-state index contributed by atoms with van der Waals surface area (Å²) in [7, 11) is 1.57. The zero-order valence-corrected chi connectivity index (χ0v) is 6.67. The highest BCUT2D eigenvalue weighted by Gasteiger charge is 2.03. The summed E-state index contributed by atoms with van der Waals surface area (Å²) in [5.41, 5.74) is 0. The molecule has 0 fully saturated rings. The monoisotopic (exact) mass is 148 g/mol. The summed E-state index contributed by atoms with van der Waals surface area (Å²) < 4.78 is 10.0. The average Bonchev–Trinajstić information content (AvgIpc) is 1.99. The van der Waals surface area contributed by atoms with Crippen LogP contribution in [0, 0.1) is 0 Å². The minimum Gasteiger partial charge on any atom is -0.394 e. The summed E-state index contributed by atoms with van der Waals surface area (Å²) in [6.45, 7) is 3.29. The van der Waals surface area contributed by atoms with Crippen LogP contribution in [0.4, 0.5) is 0 Å². The van der Waals surface area contributed by atoms with Crippen LogP contribution in [-0.4, -0.2) is 38.1 Å². The second-order valence-electron chi connectivity index (χ2n) is 2.12. The number of hydrogen-bond donors (Lipinski definition) is 1. The number of aliphatic hydroxyl groups excluding tert-OH is 1. The van der Waals surface area contributed by atoms with Gasteiger partial charge in [0.05, 0.1) is 13.2 Å². The molecule has 1 N–H and O–H groups in total. The molecule has 1 unspecified atom stereocenters. The van der Waals surface area contributed by atoms with E-state index in [2.05, 4.69) is 0 Å². The summed E-state index contributed by atoms with van der Waals surface area (Å²) in [5.74, 6) is 0. The third-order valence-corrected chi connectivity index (χ3v) is 1.19. The summed E-state index contributed by atoms with van der Waals surface area (Å²) in [6.07, 6.45) is 0.841. The van der Waals surface area contributed by atoms with E-state index < -0.39 is 0 Å². The molecule has 0 aromatic carbocycles. The van der Waals surface area contributed by atoms with E-state index in [1.165, 1.54) is 0 Å². The van der Waals surface area contributed by atoms with Gasteiger partial charge in [0.2, 0.25) is 0 Å². The highest BCUT2D eigenvalue weighted by Crippen LogP contribution is 1.90. The molecule has 0 rings (SSSR count). The maximum Gasteiger partial charge on any atom is 0.103 e. The first-order chi connectivity index (χ1) is 4.85. The Morgan fingerprint density at radius 2 is 2.20 bits per heavy atom. The van der Waals surface area contributed by atoms with Crippen molar-refractivity contribution in [2.24, 2.45) is 0 Å². The Morgan fingerprint density at radius 3 is 2.60 bits per heavy atom. The highest BCUT2D eigenvalue weighted by molar-refractivity contribution is 4.51. The van der Waals surface area contributed by atoms with Gasteiger partial charge >= 0.3 is 0 Å². The van der Waals surface area contributed by atoms with Gasteiger partial charge in [0, 0.05) is 13.7 Å². The van der Waals surface area contributed by atoms with Crippen molar-refractivity contribution in [3.8, 4) is 0 Å². The second kappa shape index (κ2) is 6.99. The van der Waals surface area contributed by atoms with Gasteiger partial charge in [-0.1, -0.05) is 6.92 Å². The summed E-state index contributed by atoms with van der Waals surface area (Å²) in [5, 5.41) is 8.62. The van der Waals surface area contributed by atoms with Crippen LogP contribution in [0.2, 0.25) is 0 Å². The van der Waals surface area contributed by atoms with Gasteiger partial charge in [0.15, 0.2) is 0 Å². The van der Waals surface area contributed by atoms with Gasteiger partial charge in [0.1, 0.15) is 6.10 Å². The smallest absolute Gasteiger partial charge is 0.103 e. The summed E-state index contributed by atoms with van der Waals surface area (Å²) >= 11 is 0. The van der Waals surface area contributed by atoms with Gasteiger partial charge in [-0.25, -0.2) is 0 Å². The van der Waals surface area contributed by atoms with Crippen LogP contribution in [0.5, 0.6) is 0 Å². The Bertz CT molecular complexity index is 61.9. The topological polar surface area (TPSA) is 38.7 Å². The Balaban J connectivity index is 3.09. The van der Waals surface area contributed by atoms with E-state index in [0.717, 1.165) is 13.0 Å². The van der Waals surface area contributed by atoms with Crippen LogP contribution in [0.15, 0.2) is 0 Å². The Hall–Kier alpha value is -0.120. The molecule has 0 aliphatic carbocycles. The van der Waals surface area contributed by atoms with Gasteiger partial charge in [0.25, 0.3) is 0 Å². The van der Waals surface area contributed by atoms with Gasteiger partial charge in [-0.05, 0) is 6.42 Å². The minimum absolute atomic E-state index is 0.0280. The van der Waals surface area contributed by atoms with Crippen LogP contribution in [-0.2, 0) is 9.47 Å². The van der Waals surface area contributed by atoms with Crippen molar-refractivity contribution >= 4 is 0 Å². The SMILES string of the molecule is CCCOCC(CO)OC. The van der Waals surface area contributed by atoms with Crippen LogP contribution < -0.4 is 0 Å². The van der Waals surface area contributed by atoms with Crippen molar-refractivity contribution in [1.82, 2.24) is 0 Å². The van der Waals surface area contributed by atoms with Crippen molar-refractivity contribution in [1.29, 1.82) is 0 Å². The van der Waals surface area contributed by atoms with Crippen molar-refractivity contribution in [3.05, 3.63) is 0 Å². The van der Waals surface area contributed by atoms with E-state index in [0.29, 0.717) is 6.61 Å². The fourth-order valence-electron chi connectivity index (χ4n) is 0.554. The van der Waals surface area contributed by atoms with E-state index in [1.54, 1.807) is 7.11 Å². The first-order valence-corrected chi connectivity index (χ1v) is 3.56. The molecule has 0 aromatic rings. The van der Waals surface area contributed by atoms with Gasteiger partial charge in [-0.2, -0.15) is 0 Å². The summed E-state index contributed by atoms with van der Waals surface area (Å²) in [6, 6.07) is 0. The molecule has 0 spiro atoms. The molecule has 1 atom stereocenters. The Kier molecular flexibility index (Phi) is 6.91. The molecular weight excluding hydrogens is 132 g/mol. The lowest BCUT2D eigenvalue weighted by Crippen LogP contribution is -2.22. The van der Waals surface area contributed by atoms with E-state index in [-0.39, 0.29) is 12.7 Å². The van der Waals surface area contributed by atoms with E-state index in [1.807, 2.05) is 6.92 Å². The highest BCUT2D eigenvalue weighted by atomic mass is 16.5. The molecule has 3 nitrogen and oxygen atoms in total.